The molecule has 0 aromatic carbocycles. The lowest BCUT2D eigenvalue weighted by Gasteiger charge is -1.98. The molecule has 2 N–H and O–H groups in total. The van der Waals surface area contributed by atoms with Crippen molar-refractivity contribution in [3.63, 3.8) is 0 Å². The third-order valence-corrected chi connectivity index (χ3v) is 1.34. The Balaban J connectivity index is 3.14. The Hall–Kier alpha value is -2.24. The number of aliphatic carboxylic acids is 2. The molecular weight excluding hydrogens is 188 g/mol. The molecule has 0 aliphatic heterocycles. The minimum absolute atomic E-state index is 0.0161. The van der Waals surface area contributed by atoms with E-state index in [0.717, 1.165) is 0 Å². The summed E-state index contributed by atoms with van der Waals surface area (Å²) < 4.78 is 0. The Morgan fingerprint density at radius 3 is 2.43 bits per heavy atom. The molecule has 1 aromatic rings. The number of nitrogens with zero attached hydrogens (tertiary/aromatic N) is 2. The molecule has 0 fully saturated rings. The van der Waals surface area contributed by atoms with E-state index < -0.39 is 17.5 Å². The van der Waals surface area contributed by atoms with E-state index in [1.807, 2.05) is 0 Å². The van der Waals surface area contributed by atoms with Crippen molar-refractivity contribution in [2.24, 2.45) is 0 Å². The monoisotopic (exact) mass is 194 g/mol. The van der Waals surface area contributed by atoms with E-state index in [1.165, 1.54) is 18.6 Å². The van der Waals surface area contributed by atoms with Gasteiger partial charge in [-0.2, -0.15) is 0 Å². The van der Waals surface area contributed by atoms with Gasteiger partial charge in [-0.1, -0.05) is 0 Å². The quantitative estimate of drug-likeness (QED) is 0.658. The number of carboxylic acid groups (broad SMARTS) is 2. The molecule has 0 aliphatic rings. The van der Waals surface area contributed by atoms with Crippen molar-refractivity contribution in [1.82, 2.24) is 9.97 Å². The van der Waals surface area contributed by atoms with Gasteiger partial charge >= 0.3 is 11.9 Å². The molecule has 72 valence electrons. The van der Waals surface area contributed by atoms with Gasteiger partial charge < -0.3 is 10.2 Å². The molecule has 0 unspecified atom stereocenters. The first-order valence-corrected chi connectivity index (χ1v) is 3.55. The molecule has 0 amide bonds. The van der Waals surface area contributed by atoms with Crippen LogP contribution in [-0.4, -0.2) is 32.1 Å². The van der Waals surface area contributed by atoms with E-state index in [4.69, 9.17) is 10.2 Å². The molecule has 0 aliphatic carbocycles. The zero-order chi connectivity index (χ0) is 10.6. The van der Waals surface area contributed by atoms with Crippen molar-refractivity contribution in [1.29, 1.82) is 0 Å². The van der Waals surface area contributed by atoms with Gasteiger partial charge in [-0.05, 0) is 0 Å². The Morgan fingerprint density at radius 1 is 1.29 bits per heavy atom. The summed E-state index contributed by atoms with van der Waals surface area (Å²) >= 11 is 0. The van der Waals surface area contributed by atoms with E-state index in [-0.39, 0.29) is 5.69 Å². The van der Waals surface area contributed by atoms with Crippen LogP contribution in [0.4, 0.5) is 0 Å². The third kappa shape index (κ3) is 2.37. The highest BCUT2D eigenvalue weighted by molar-refractivity contribution is 6.18. The molecule has 0 spiro atoms. The molecule has 1 aromatic heterocycles. The zero-order valence-electron chi connectivity index (χ0n) is 6.91. The van der Waals surface area contributed by atoms with Crippen molar-refractivity contribution < 1.29 is 19.8 Å². The lowest BCUT2D eigenvalue weighted by atomic mass is 10.2. The van der Waals surface area contributed by atoms with Crippen LogP contribution in [0, 0.1) is 0 Å². The van der Waals surface area contributed by atoms with Crippen LogP contribution in [0.2, 0.25) is 0 Å². The molecule has 0 atom stereocenters. The highest BCUT2D eigenvalue weighted by atomic mass is 16.4. The normalized spacial score (nSPS) is 11.0. The SMILES string of the molecule is O=C(O)/C=C(/C(=O)O)c1cnccn1. The van der Waals surface area contributed by atoms with E-state index in [9.17, 15) is 9.59 Å². The lowest BCUT2D eigenvalue weighted by Crippen LogP contribution is -2.04. The van der Waals surface area contributed by atoms with Crippen molar-refractivity contribution in [3.8, 4) is 0 Å². The molecule has 0 saturated carbocycles. The highest BCUT2D eigenvalue weighted by Crippen LogP contribution is 2.09. The van der Waals surface area contributed by atoms with Gasteiger partial charge in [0.15, 0.2) is 0 Å². The Kier molecular flexibility index (Phi) is 2.90. The summed E-state index contributed by atoms with van der Waals surface area (Å²) in [6, 6.07) is 0. The van der Waals surface area contributed by atoms with Gasteiger partial charge in [0, 0.05) is 18.5 Å². The number of carboxylic acids is 2. The van der Waals surface area contributed by atoms with Crippen LogP contribution in [-0.2, 0) is 9.59 Å². The van der Waals surface area contributed by atoms with Gasteiger partial charge in [0.25, 0.3) is 0 Å². The van der Waals surface area contributed by atoms with E-state index in [1.54, 1.807) is 0 Å². The molecular formula is C8H6N2O4. The topological polar surface area (TPSA) is 100 Å². The summed E-state index contributed by atoms with van der Waals surface area (Å²) in [6.07, 6.45) is 4.41. The highest BCUT2D eigenvalue weighted by Gasteiger charge is 2.13. The number of aromatic nitrogens is 2. The lowest BCUT2D eigenvalue weighted by molar-refractivity contribution is -0.133. The number of hydrogen-bond acceptors (Lipinski definition) is 4. The maximum atomic E-state index is 10.6. The standard InChI is InChI=1S/C8H6N2O4/c11-7(12)3-5(8(13)14)6-4-9-1-2-10-6/h1-4H,(H,11,12)(H,13,14)/b5-3+. The van der Waals surface area contributed by atoms with Crippen LogP contribution in [0.25, 0.3) is 5.57 Å². The first-order valence-electron chi connectivity index (χ1n) is 3.55. The Morgan fingerprint density at radius 2 is 2.00 bits per heavy atom. The van der Waals surface area contributed by atoms with Crippen LogP contribution < -0.4 is 0 Å². The second-order valence-corrected chi connectivity index (χ2v) is 2.29. The summed E-state index contributed by atoms with van der Waals surface area (Å²) in [5, 5.41) is 17.1. The smallest absolute Gasteiger partial charge is 0.338 e. The predicted molar refractivity (Wildman–Crippen MR) is 45.3 cm³/mol. The molecule has 14 heavy (non-hydrogen) atoms. The molecule has 6 nitrogen and oxygen atoms in total. The van der Waals surface area contributed by atoms with Gasteiger partial charge in [0.2, 0.25) is 0 Å². The minimum Gasteiger partial charge on any atom is -0.478 e. The maximum absolute atomic E-state index is 10.6. The molecule has 0 saturated heterocycles. The summed E-state index contributed by atoms with van der Waals surface area (Å²) in [5.74, 6) is -2.69. The number of rotatable bonds is 3. The average Bonchev–Trinajstić information content (AvgIpc) is 2.15. The average molecular weight is 194 g/mol. The van der Waals surface area contributed by atoms with Crippen molar-refractivity contribution in [2.45, 2.75) is 0 Å². The second kappa shape index (κ2) is 4.13. The maximum Gasteiger partial charge on any atom is 0.338 e. The first-order chi connectivity index (χ1) is 6.61. The molecule has 1 rings (SSSR count). The predicted octanol–water partition coefficient (Wildman–Crippen LogP) is 0.0292. The zero-order valence-corrected chi connectivity index (χ0v) is 6.91. The van der Waals surface area contributed by atoms with Gasteiger partial charge in [0.05, 0.1) is 17.5 Å². The van der Waals surface area contributed by atoms with Crippen molar-refractivity contribution in [2.75, 3.05) is 0 Å². The Labute approximate surface area is 78.6 Å². The first kappa shape index (κ1) is 9.85. The molecule has 0 radical (unpaired) electrons. The van der Waals surface area contributed by atoms with Crippen LogP contribution >= 0.6 is 0 Å². The number of carbonyl (C=O) groups is 2. The largest absolute Gasteiger partial charge is 0.478 e. The van der Waals surface area contributed by atoms with E-state index >= 15 is 0 Å². The van der Waals surface area contributed by atoms with E-state index in [0.29, 0.717) is 6.08 Å². The summed E-state index contributed by atoms with van der Waals surface area (Å²) in [7, 11) is 0. The van der Waals surface area contributed by atoms with Crippen LogP contribution in [0.3, 0.4) is 0 Å². The number of hydrogen-bond donors (Lipinski definition) is 2. The van der Waals surface area contributed by atoms with Gasteiger partial charge in [-0.15, -0.1) is 0 Å². The van der Waals surface area contributed by atoms with Crippen molar-refractivity contribution >= 4 is 17.5 Å². The van der Waals surface area contributed by atoms with Gasteiger partial charge in [-0.3, -0.25) is 9.97 Å². The summed E-state index contributed by atoms with van der Waals surface area (Å²) in [4.78, 5) is 28.2. The fourth-order valence-corrected chi connectivity index (χ4v) is 0.807. The molecule has 0 bridgehead atoms. The fraction of sp³-hybridized carbons (Fsp3) is 0. The van der Waals surface area contributed by atoms with Gasteiger partial charge in [-0.25, -0.2) is 9.59 Å². The van der Waals surface area contributed by atoms with Crippen LogP contribution in [0.15, 0.2) is 24.7 Å². The van der Waals surface area contributed by atoms with Crippen molar-refractivity contribution in [3.05, 3.63) is 30.4 Å². The Bertz CT molecular complexity index is 386. The molecule has 6 heteroatoms. The third-order valence-electron chi connectivity index (χ3n) is 1.34. The minimum atomic E-state index is -1.35. The molecule has 1 heterocycles. The van der Waals surface area contributed by atoms with Gasteiger partial charge in [0.1, 0.15) is 0 Å². The van der Waals surface area contributed by atoms with E-state index in [2.05, 4.69) is 9.97 Å². The fourth-order valence-electron chi connectivity index (χ4n) is 0.807. The van der Waals surface area contributed by atoms with Crippen LogP contribution in [0.1, 0.15) is 5.69 Å². The second-order valence-electron chi connectivity index (χ2n) is 2.29. The summed E-state index contributed by atoms with van der Waals surface area (Å²) in [5.41, 5.74) is -0.381. The summed E-state index contributed by atoms with van der Waals surface area (Å²) in [6.45, 7) is 0. The van der Waals surface area contributed by atoms with Crippen LogP contribution in [0.5, 0.6) is 0 Å².